The van der Waals surface area contributed by atoms with Crippen LogP contribution >= 0.6 is 22.6 Å². The van der Waals surface area contributed by atoms with Gasteiger partial charge in [0.05, 0.1) is 0 Å². The fourth-order valence-electron chi connectivity index (χ4n) is 0.720. The Labute approximate surface area is 63.8 Å². The van der Waals surface area contributed by atoms with Crippen LogP contribution in [-0.2, 0) is 0 Å². The van der Waals surface area contributed by atoms with Crippen LogP contribution in [0.3, 0.4) is 0 Å². The highest BCUT2D eigenvalue weighted by atomic mass is 127. The van der Waals surface area contributed by atoms with Gasteiger partial charge in [-0.2, -0.15) is 0 Å². The summed E-state index contributed by atoms with van der Waals surface area (Å²) in [6.07, 6.45) is 7.73. The van der Waals surface area contributed by atoms with Crippen LogP contribution in [0.4, 0.5) is 0 Å². The molecule has 0 saturated heterocycles. The van der Waals surface area contributed by atoms with Gasteiger partial charge in [0.15, 0.2) is 0 Å². The van der Waals surface area contributed by atoms with Crippen LogP contribution in [0.1, 0.15) is 13.3 Å². The Morgan fingerprint density at radius 2 is 2.50 bits per heavy atom. The minimum absolute atomic E-state index is 0.764. The van der Waals surface area contributed by atoms with E-state index in [-0.39, 0.29) is 0 Å². The average Bonchev–Trinajstić information content (AvgIpc) is 1.77. The maximum absolute atomic E-state index is 2.39. The maximum Gasteiger partial charge on any atom is -0.00629 e. The molecule has 0 aliphatic heterocycles. The summed E-state index contributed by atoms with van der Waals surface area (Å²) >= 11 is 2.39. The molecule has 1 aliphatic carbocycles. The first kappa shape index (κ1) is 6.33. The van der Waals surface area contributed by atoms with Gasteiger partial charge in [-0.05, 0) is 38.5 Å². The molecule has 0 nitrogen and oxygen atoms in total. The largest absolute Gasteiger partial charge is 0.0839 e. The second kappa shape index (κ2) is 2.67. The van der Waals surface area contributed by atoms with E-state index >= 15 is 0 Å². The van der Waals surface area contributed by atoms with Gasteiger partial charge in [0.2, 0.25) is 0 Å². The van der Waals surface area contributed by atoms with Crippen molar-refractivity contribution in [1.82, 2.24) is 0 Å². The maximum atomic E-state index is 2.39. The van der Waals surface area contributed by atoms with Crippen molar-refractivity contribution in [2.75, 3.05) is 0 Å². The second-order valence-electron chi connectivity index (χ2n) is 2.12. The van der Waals surface area contributed by atoms with Gasteiger partial charge in [-0.15, -0.1) is 0 Å². The molecule has 0 fully saturated rings. The SMILES string of the molecule is C[C@H]1CC=CC=C1I. The third kappa shape index (κ3) is 1.34. The van der Waals surface area contributed by atoms with Crippen molar-refractivity contribution in [1.29, 1.82) is 0 Å². The van der Waals surface area contributed by atoms with Crippen LogP contribution in [0.2, 0.25) is 0 Å². The quantitative estimate of drug-likeness (QED) is 0.550. The first-order valence-electron chi connectivity index (χ1n) is 2.83. The fourth-order valence-corrected chi connectivity index (χ4v) is 1.18. The second-order valence-corrected chi connectivity index (χ2v) is 3.36. The van der Waals surface area contributed by atoms with E-state index in [1.807, 2.05) is 0 Å². The minimum atomic E-state index is 0.764. The van der Waals surface area contributed by atoms with E-state index in [4.69, 9.17) is 0 Å². The summed E-state index contributed by atoms with van der Waals surface area (Å²) in [5.41, 5.74) is 0. The minimum Gasteiger partial charge on any atom is -0.0839 e. The lowest BCUT2D eigenvalue weighted by atomic mass is 10.0. The highest BCUT2D eigenvalue weighted by Gasteiger charge is 2.04. The molecular formula is C7H9I. The van der Waals surface area contributed by atoms with Crippen LogP contribution in [0.5, 0.6) is 0 Å². The Bertz CT molecular complexity index is 133. The molecule has 1 atom stereocenters. The van der Waals surface area contributed by atoms with Crippen molar-refractivity contribution < 1.29 is 0 Å². The first-order valence-corrected chi connectivity index (χ1v) is 3.91. The van der Waals surface area contributed by atoms with Crippen LogP contribution < -0.4 is 0 Å². The summed E-state index contributed by atoms with van der Waals surface area (Å²) < 4.78 is 1.48. The van der Waals surface area contributed by atoms with Crippen molar-refractivity contribution in [3.8, 4) is 0 Å². The monoisotopic (exact) mass is 220 g/mol. The molecule has 0 N–H and O–H groups in total. The van der Waals surface area contributed by atoms with Gasteiger partial charge in [-0.1, -0.05) is 25.2 Å². The number of halogens is 1. The molecule has 1 rings (SSSR count). The topological polar surface area (TPSA) is 0 Å². The Morgan fingerprint density at radius 1 is 1.75 bits per heavy atom. The van der Waals surface area contributed by atoms with E-state index in [0.717, 1.165) is 5.92 Å². The highest BCUT2D eigenvalue weighted by Crippen LogP contribution is 2.24. The molecule has 0 unspecified atom stereocenters. The van der Waals surface area contributed by atoms with E-state index < -0.39 is 0 Å². The van der Waals surface area contributed by atoms with Crippen molar-refractivity contribution >= 4 is 22.6 Å². The molecule has 0 heterocycles. The zero-order valence-corrected chi connectivity index (χ0v) is 7.05. The van der Waals surface area contributed by atoms with Gasteiger partial charge in [0, 0.05) is 0 Å². The molecule has 0 spiro atoms. The summed E-state index contributed by atoms with van der Waals surface area (Å²) in [5.74, 6) is 0.764. The van der Waals surface area contributed by atoms with Crippen LogP contribution in [-0.4, -0.2) is 0 Å². The number of hydrogen-bond acceptors (Lipinski definition) is 0. The lowest BCUT2D eigenvalue weighted by molar-refractivity contribution is 0.731. The molecule has 44 valence electrons. The molecule has 0 bridgehead atoms. The molecule has 0 radical (unpaired) electrons. The predicted octanol–water partition coefficient (Wildman–Crippen LogP) is 2.90. The third-order valence-electron chi connectivity index (χ3n) is 1.35. The van der Waals surface area contributed by atoms with Gasteiger partial charge in [0.1, 0.15) is 0 Å². The molecule has 0 amide bonds. The molecule has 0 aromatic rings. The smallest absolute Gasteiger partial charge is 0.00629 e. The molecule has 1 aliphatic rings. The van der Waals surface area contributed by atoms with Gasteiger partial charge in [0.25, 0.3) is 0 Å². The highest BCUT2D eigenvalue weighted by molar-refractivity contribution is 14.1. The number of rotatable bonds is 0. The lowest BCUT2D eigenvalue weighted by Gasteiger charge is -2.09. The van der Waals surface area contributed by atoms with Crippen LogP contribution in [0.25, 0.3) is 0 Å². The van der Waals surface area contributed by atoms with Crippen molar-refractivity contribution in [2.45, 2.75) is 13.3 Å². The Balaban J connectivity index is 2.66. The van der Waals surface area contributed by atoms with E-state index in [1.54, 1.807) is 0 Å². The Morgan fingerprint density at radius 3 is 2.88 bits per heavy atom. The van der Waals surface area contributed by atoms with Gasteiger partial charge < -0.3 is 0 Å². The van der Waals surface area contributed by atoms with Crippen LogP contribution in [0.15, 0.2) is 21.8 Å². The van der Waals surface area contributed by atoms with Crippen molar-refractivity contribution in [2.24, 2.45) is 5.92 Å². The van der Waals surface area contributed by atoms with Gasteiger partial charge in [-0.25, -0.2) is 0 Å². The van der Waals surface area contributed by atoms with Gasteiger partial charge >= 0.3 is 0 Å². The summed E-state index contributed by atoms with van der Waals surface area (Å²) in [6, 6.07) is 0. The normalized spacial score (nSPS) is 27.8. The molecule has 8 heavy (non-hydrogen) atoms. The van der Waals surface area contributed by atoms with Crippen molar-refractivity contribution in [3.63, 3.8) is 0 Å². The van der Waals surface area contributed by atoms with E-state index in [2.05, 4.69) is 47.7 Å². The zero-order chi connectivity index (χ0) is 5.98. The number of hydrogen-bond donors (Lipinski definition) is 0. The zero-order valence-electron chi connectivity index (χ0n) is 4.89. The first-order chi connectivity index (χ1) is 3.80. The lowest BCUT2D eigenvalue weighted by Crippen LogP contribution is -1.93. The molecule has 0 aromatic carbocycles. The van der Waals surface area contributed by atoms with Crippen molar-refractivity contribution in [3.05, 3.63) is 21.8 Å². The molecule has 0 aromatic heterocycles. The summed E-state index contributed by atoms with van der Waals surface area (Å²) in [6.45, 7) is 2.25. The van der Waals surface area contributed by atoms with Crippen LogP contribution in [0, 0.1) is 5.92 Å². The van der Waals surface area contributed by atoms with E-state index in [0.29, 0.717) is 0 Å². The molecule has 1 heteroatoms. The summed E-state index contributed by atoms with van der Waals surface area (Å²) in [5, 5.41) is 0. The summed E-state index contributed by atoms with van der Waals surface area (Å²) in [7, 11) is 0. The van der Waals surface area contributed by atoms with E-state index in [9.17, 15) is 0 Å². The third-order valence-corrected chi connectivity index (χ3v) is 2.77. The van der Waals surface area contributed by atoms with E-state index in [1.165, 1.54) is 10.0 Å². The summed E-state index contributed by atoms with van der Waals surface area (Å²) in [4.78, 5) is 0. The number of allylic oxidation sites excluding steroid dienone is 4. The molecular weight excluding hydrogens is 211 g/mol. The Kier molecular flexibility index (Phi) is 2.11. The Hall–Kier alpha value is 0.210. The predicted molar refractivity (Wildman–Crippen MR) is 45.0 cm³/mol. The van der Waals surface area contributed by atoms with Gasteiger partial charge in [-0.3, -0.25) is 0 Å². The fraction of sp³-hybridized carbons (Fsp3) is 0.429. The molecule has 0 saturated carbocycles. The average molecular weight is 220 g/mol. The standard InChI is InChI=1S/C7H9I/c1-6-4-2-3-5-7(6)8/h2-3,5-6H,4H2,1H3/t6-/m0/s1.